The molecule has 3 N–H and O–H groups in total. The van der Waals surface area contributed by atoms with Gasteiger partial charge in [-0.15, -0.1) is 0 Å². The molecule has 1 unspecified atom stereocenters. The summed E-state index contributed by atoms with van der Waals surface area (Å²) in [4.78, 5) is 28.7. The highest BCUT2D eigenvalue weighted by Gasteiger charge is 2.32. The van der Waals surface area contributed by atoms with Crippen LogP contribution in [0.1, 0.15) is 12.5 Å². The highest BCUT2D eigenvalue weighted by molar-refractivity contribution is 7.99. The highest BCUT2D eigenvalue weighted by atomic mass is 32.2. The fraction of sp³-hybridized carbons (Fsp3) is 0.304. The molecular weight excluding hydrogens is 459 g/mol. The molecule has 34 heavy (non-hydrogen) atoms. The van der Waals surface area contributed by atoms with Gasteiger partial charge in [0, 0.05) is 31.3 Å². The number of benzene rings is 2. The predicted octanol–water partition coefficient (Wildman–Crippen LogP) is 2.95. The third-order valence-electron chi connectivity index (χ3n) is 5.22. The normalized spacial score (nSPS) is 15.4. The summed E-state index contributed by atoms with van der Waals surface area (Å²) in [6, 6.07) is 12.4. The first-order valence-corrected chi connectivity index (χ1v) is 11.8. The Morgan fingerprint density at radius 3 is 2.82 bits per heavy atom. The van der Waals surface area contributed by atoms with Crippen LogP contribution >= 0.6 is 11.8 Å². The van der Waals surface area contributed by atoms with Gasteiger partial charge in [-0.1, -0.05) is 36.0 Å². The SMILES string of the molecule is CC(=O)NCC1CN(c2ccc(-c3ccc(CNCCSc4ncn[nH]4)cc3)c(F)c2)C(=O)O1. The van der Waals surface area contributed by atoms with Crippen LogP contribution in [0.2, 0.25) is 0 Å². The van der Waals surface area contributed by atoms with Crippen molar-refractivity contribution >= 4 is 29.4 Å². The summed E-state index contributed by atoms with van der Waals surface area (Å²) in [5.74, 6) is 0.239. The number of H-pyrrole nitrogens is 1. The molecule has 0 aliphatic carbocycles. The molecule has 1 atom stereocenters. The van der Waals surface area contributed by atoms with Gasteiger partial charge < -0.3 is 15.4 Å². The first-order valence-electron chi connectivity index (χ1n) is 10.8. The lowest BCUT2D eigenvalue weighted by Gasteiger charge is -2.15. The third kappa shape index (κ3) is 6.12. The summed E-state index contributed by atoms with van der Waals surface area (Å²) in [7, 11) is 0. The van der Waals surface area contributed by atoms with E-state index in [9.17, 15) is 14.0 Å². The largest absolute Gasteiger partial charge is 0.442 e. The van der Waals surface area contributed by atoms with E-state index in [2.05, 4.69) is 25.8 Å². The molecule has 2 heterocycles. The summed E-state index contributed by atoms with van der Waals surface area (Å²) < 4.78 is 20.2. The maximum Gasteiger partial charge on any atom is 0.414 e. The number of carbonyl (C=O) groups excluding carboxylic acids is 2. The Morgan fingerprint density at radius 2 is 2.12 bits per heavy atom. The standard InChI is InChI=1S/C23H25FN6O3S/c1-15(31)26-12-19-13-30(23(32)33-19)18-6-7-20(21(24)10-18)17-4-2-16(3-5-17)11-25-8-9-34-22-27-14-28-29-22/h2-7,10,14,19,25H,8-9,11-13H2,1H3,(H,26,31)(H,27,28,29). The smallest absolute Gasteiger partial charge is 0.414 e. The summed E-state index contributed by atoms with van der Waals surface area (Å²) >= 11 is 1.60. The van der Waals surface area contributed by atoms with Crippen LogP contribution in [0.25, 0.3) is 11.1 Å². The molecular formula is C23H25FN6O3S. The maximum absolute atomic E-state index is 14.9. The number of carbonyl (C=O) groups is 2. The predicted molar refractivity (Wildman–Crippen MR) is 127 cm³/mol. The number of rotatable bonds is 10. The number of halogens is 1. The van der Waals surface area contributed by atoms with Gasteiger partial charge in [0.2, 0.25) is 5.91 Å². The van der Waals surface area contributed by atoms with E-state index in [1.54, 1.807) is 23.9 Å². The summed E-state index contributed by atoms with van der Waals surface area (Å²) in [6.07, 6.45) is 0.458. The zero-order chi connectivity index (χ0) is 23.9. The van der Waals surface area contributed by atoms with Gasteiger partial charge in [0.1, 0.15) is 18.2 Å². The topological polar surface area (TPSA) is 112 Å². The summed E-state index contributed by atoms with van der Waals surface area (Å²) in [5.41, 5.74) is 2.71. The molecule has 3 aromatic rings. The van der Waals surface area contributed by atoms with Gasteiger partial charge in [0.25, 0.3) is 0 Å². The molecule has 9 nitrogen and oxygen atoms in total. The monoisotopic (exact) mass is 484 g/mol. The molecule has 2 amide bonds. The molecule has 1 aromatic heterocycles. The van der Waals surface area contributed by atoms with Crippen LogP contribution in [0.3, 0.4) is 0 Å². The van der Waals surface area contributed by atoms with Gasteiger partial charge >= 0.3 is 6.09 Å². The van der Waals surface area contributed by atoms with Crippen LogP contribution in [-0.2, 0) is 16.1 Å². The molecule has 178 valence electrons. The average Bonchev–Trinajstić information content (AvgIpc) is 3.47. The number of amides is 2. The number of aromatic nitrogens is 3. The Bertz CT molecular complexity index is 1130. The second kappa shape index (κ2) is 11.1. The van der Waals surface area contributed by atoms with Crippen LogP contribution < -0.4 is 15.5 Å². The number of anilines is 1. The fourth-order valence-corrected chi connectivity index (χ4v) is 4.20. The first-order chi connectivity index (χ1) is 16.5. The van der Waals surface area contributed by atoms with Crippen LogP contribution in [0.15, 0.2) is 53.9 Å². The van der Waals surface area contributed by atoms with E-state index in [0.717, 1.165) is 28.6 Å². The lowest BCUT2D eigenvalue weighted by molar-refractivity contribution is -0.119. The molecule has 0 radical (unpaired) electrons. The number of nitrogens with one attached hydrogen (secondary N) is 3. The molecule has 11 heteroatoms. The van der Waals surface area contributed by atoms with Gasteiger partial charge in [0.05, 0.1) is 18.8 Å². The number of cyclic esters (lactones) is 1. The second-order valence-electron chi connectivity index (χ2n) is 7.73. The van der Waals surface area contributed by atoms with Crippen molar-refractivity contribution in [2.45, 2.75) is 24.7 Å². The van der Waals surface area contributed by atoms with E-state index in [1.165, 1.54) is 24.2 Å². The molecule has 0 spiro atoms. The van der Waals surface area contributed by atoms with Crippen LogP contribution in [0.4, 0.5) is 14.9 Å². The van der Waals surface area contributed by atoms with Crippen LogP contribution in [0.5, 0.6) is 0 Å². The molecule has 1 aliphatic heterocycles. The Hall–Kier alpha value is -3.44. The minimum Gasteiger partial charge on any atom is -0.442 e. The number of nitrogens with zero attached hydrogens (tertiary/aromatic N) is 3. The van der Waals surface area contributed by atoms with Crippen molar-refractivity contribution in [2.75, 3.05) is 30.3 Å². The summed E-state index contributed by atoms with van der Waals surface area (Å²) in [5, 5.41) is 13.4. The van der Waals surface area contributed by atoms with Gasteiger partial charge in [-0.2, -0.15) is 5.10 Å². The molecule has 2 aromatic carbocycles. The van der Waals surface area contributed by atoms with Gasteiger partial charge in [-0.05, 0) is 29.3 Å². The van der Waals surface area contributed by atoms with Crippen molar-refractivity contribution in [2.24, 2.45) is 0 Å². The number of thioether (sulfide) groups is 1. The number of hydrogen-bond acceptors (Lipinski definition) is 7. The Kier molecular flexibility index (Phi) is 7.76. The van der Waals surface area contributed by atoms with Crippen molar-refractivity contribution in [3.05, 3.63) is 60.2 Å². The lowest BCUT2D eigenvalue weighted by atomic mass is 10.0. The van der Waals surface area contributed by atoms with E-state index < -0.39 is 18.0 Å². The van der Waals surface area contributed by atoms with Crippen molar-refractivity contribution in [1.29, 1.82) is 0 Å². The molecule has 0 bridgehead atoms. The lowest BCUT2D eigenvalue weighted by Crippen LogP contribution is -2.33. The van der Waals surface area contributed by atoms with Crippen LogP contribution in [-0.4, -0.2) is 58.7 Å². The minimum absolute atomic E-state index is 0.200. The van der Waals surface area contributed by atoms with Crippen LogP contribution in [0, 0.1) is 5.82 Å². The van der Waals surface area contributed by atoms with Crippen molar-refractivity contribution in [1.82, 2.24) is 25.8 Å². The molecule has 1 saturated heterocycles. The molecule has 1 aliphatic rings. The zero-order valence-corrected chi connectivity index (χ0v) is 19.4. The number of hydrogen-bond donors (Lipinski definition) is 3. The second-order valence-corrected chi connectivity index (χ2v) is 8.81. The van der Waals surface area contributed by atoms with Gasteiger partial charge in [-0.25, -0.2) is 14.2 Å². The first kappa shape index (κ1) is 23.7. The fourth-order valence-electron chi connectivity index (χ4n) is 3.52. The summed E-state index contributed by atoms with van der Waals surface area (Å²) in [6.45, 7) is 3.38. The van der Waals surface area contributed by atoms with Gasteiger partial charge in [0.15, 0.2) is 5.16 Å². The Morgan fingerprint density at radius 1 is 1.29 bits per heavy atom. The average molecular weight is 485 g/mol. The quantitative estimate of drug-likeness (QED) is 0.300. The number of ether oxygens (including phenoxy) is 1. The molecule has 4 rings (SSSR count). The van der Waals surface area contributed by atoms with E-state index >= 15 is 0 Å². The zero-order valence-electron chi connectivity index (χ0n) is 18.6. The molecule has 0 saturated carbocycles. The van der Waals surface area contributed by atoms with E-state index in [-0.39, 0.29) is 19.0 Å². The highest BCUT2D eigenvalue weighted by Crippen LogP contribution is 2.29. The minimum atomic E-state index is -0.557. The molecule has 1 fully saturated rings. The third-order valence-corrected chi connectivity index (χ3v) is 6.10. The number of aromatic amines is 1. The maximum atomic E-state index is 14.9. The Labute approximate surface area is 200 Å². The van der Waals surface area contributed by atoms with Crippen molar-refractivity contribution < 1.29 is 18.7 Å². The van der Waals surface area contributed by atoms with E-state index in [1.807, 2.05) is 24.3 Å². The van der Waals surface area contributed by atoms with Gasteiger partial charge in [-0.3, -0.25) is 14.8 Å². The van der Waals surface area contributed by atoms with E-state index in [4.69, 9.17) is 4.74 Å². The Balaban J connectivity index is 1.31. The van der Waals surface area contributed by atoms with Crippen molar-refractivity contribution in [3.63, 3.8) is 0 Å². The van der Waals surface area contributed by atoms with E-state index in [0.29, 0.717) is 17.8 Å². The van der Waals surface area contributed by atoms with Crippen molar-refractivity contribution in [3.8, 4) is 11.1 Å².